The first kappa shape index (κ1) is 8.39. The van der Waals surface area contributed by atoms with Gasteiger partial charge in [-0.15, -0.1) is 0 Å². The summed E-state index contributed by atoms with van der Waals surface area (Å²) in [5.74, 6) is 0. The van der Waals surface area contributed by atoms with Crippen LogP contribution in [0, 0.1) is 0 Å². The van der Waals surface area contributed by atoms with E-state index in [0.717, 1.165) is 22.5 Å². The third-order valence-corrected chi connectivity index (χ3v) is 3.01. The van der Waals surface area contributed by atoms with Gasteiger partial charge in [0.05, 0.1) is 0 Å². The van der Waals surface area contributed by atoms with Gasteiger partial charge in [0.25, 0.3) is 0 Å². The molecular weight excluding hydrogens is 237 g/mol. The van der Waals surface area contributed by atoms with Gasteiger partial charge >= 0.3 is 0 Å². The summed E-state index contributed by atoms with van der Waals surface area (Å²) in [6.45, 7) is 1.06. The Morgan fingerprint density at radius 2 is 2.25 bits per heavy atom. The Morgan fingerprint density at radius 3 is 3.08 bits per heavy atom. The van der Waals surface area contributed by atoms with E-state index < -0.39 is 0 Å². The number of hydrogen-bond acceptors (Lipinski definition) is 1. The molecule has 0 atom stereocenters. The lowest BCUT2D eigenvalue weighted by Gasteiger charge is -2.19. The molecule has 3 heteroatoms. The van der Waals surface area contributed by atoms with E-state index in [1.165, 1.54) is 17.7 Å². The molecule has 0 saturated heterocycles. The van der Waals surface area contributed by atoms with Crippen LogP contribution in [0.15, 0.2) is 16.6 Å². The lowest BCUT2D eigenvalue weighted by molar-refractivity contribution is 0.826. The molecular formula is C9H9BrClN. The number of rotatable bonds is 0. The van der Waals surface area contributed by atoms with Crippen LogP contribution >= 0.6 is 27.5 Å². The molecule has 1 heterocycles. The lowest BCUT2D eigenvalue weighted by atomic mass is 10.0. The molecule has 1 aliphatic rings. The molecule has 0 spiro atoms. The number of nitrogens with one attached hydrogen (secondary N) is 1. The van der Waals surface area contributed by atoms with Crippen LogP contribution in [0.1, 0.15) is 12.0 Å². The van der Waals surface area contributed by atoms with Crippen LogP contribution in [0.3, 0.4) is 0 Å². The number of hydrogen-bond donors (Lipinski definition) is 1. The van der Waals surface area contributed by atoms with E-state index in [9.17, 15) is 0 Å². The maximum atomic E-state index is 5.91. The van der Waals surface area contributed by atoms with Gasteiger partial charge in [-0.25, -0.2) is 0 Å². The van der Waals surface area contributed by atoms with Gasteiger partial charge in [0, 0.05) is 21.7 Å². The van der Waals surface area contributed by atoms with E-state index in [0.29, 0.717) is 0 Å². The van der Waals surface area contributed by atoms with Crippen molar-refractivity contribution in [1.82, 2.24) is 0 Å². The second kappa shape index (κ2) is 3.27. The number of halogens is 2. The zero-order chi connectivity index (χ0) is 8.55. The molecule has 2 rings (SSSR count). The monoisotopic (exact) mass is 245 g/mol. The van der Waals surface area contributed by atoms with Crippen molar-refractivity contribution in [3.63, 3.8) is 0 Å². The smallest absolute Gasteiger partial charge is 0.0437 e. The molecule has 1 nitrogen and oxygen atoms in total. The molecule has 0 fully saturated rings. The van der Waals surface area contributed by atoms with Crippen molar-refractivity contribution < 1.29 is 0 Å². The Kier molecular flexibility index (Phi) is 2.28. The topological polar surface area (TPSA) is 12.0 Å². The third kappa shape index (κ3) is 1.46. The molecule has 1 N–H and O–H groups in total. The van der Waals surface area contributed by atoms with Crippen LogP contribution in [0.2, 0.25) is 5.02 Å². The fourth-order valence-corrected chi connectivity index (χ4v) is 2.51. The first-order valence-corrected chi connectivity index (χ1v) is 5.16. The van der Waals surface area contributed by atoms with Crippen molar-refractivity contribution in [1.29, 1.82) is 0 Å². The number of anilines is 1. The van der Waals surface area contributed by atoms with E-state index in [2.05, 4.69) is 21.2 Å². The summed E-state index contributed by atoms with van der Waals surface area (Å²) in [6, 6.07) is 3.94. The fourth-order valence-electron chi connectivity index (χ4n) is 1.50. The van der Waals surface area contributed by atoms with E-state index in [-0.39, 0.29) is 0 Å². The Hall–Kier alpha value is -0.210. The van der Waals surface area contributed by atoms with Crippen LogP contribution in [0.5, 0.6) is 0 Å². The SMILES string of the molecule is Clc1cc(Br)c2c(c1)NCCC2. The summed E-state index contributed by atoms with van der Waals surface area (Å²) in [6.07, 6.45) is 2.34. The molecule has 64 valence electrons. The predicted molar refractivity (Wildman–Crippen MR) is 56.0 cm³/mol. The highest BCUT2D eigenvalue weighted by Gasteiger charge is 2.11. The van der Waals surface area contributed by atoms with Gasteiger partial charge in [-0.2, -0.15) is 0 Å². The first-order chi connectivity index (χ1) is 5.77. The van der Waals surface area contributed by atoms with Gasteiger partial charge in [-0.3, -0.25) is 0 Å². The van der Waals surface area contributed by atoms with Gasteiger partial charge in [0.1, 0.15) is 0 Å². The van der Waals surface area contributed by atoms with Gasteiger partial charge < -0.3 is 5.32 Å². The Morgan fingerprint density at radius 1 is 1.42 bits per heavy atom. The Labute approximate surface area is 85.2 Å². The molecule has 12 heavy (non-hydrogen) atoms. The normalized spacial score (nSPS) is 15.2. The number of fused-ring (bicyclic) bond motifs is 1. The zero-order valence-corrected chi connectivity index (χ0v) is 8.87. The van der Waals surface area contributed by atoms with E-state index >= 15 is 0 Å². The van der Waals surface area contributed by atoms with Crippen molar-refractivity contribution in [3.8, 4) is 0 Å². The van der Waals surface area contributed by atoms with Crippen molar-refractivity contribution >= 4 is 33.2 Å². The van der Waals surface area contributed by atoms with E-state index in [1.807, 2.05) is 12.1 Å². The number of benzene rings is 1. The van der Waals surface area contributed by atoms with Crippen LogP contribution in [0.4, 0.5) is 5.69 Å². The molecule has 1 aromatic carbocycles. The minimum Gasteiger partial charge on any atom is -0.385 e. The van der Waals surface area contributed by atoms with Gasteiger partial charge in [0.15, 0.2) is 0 Å². The van der Waals surface area contributed by atoms with Crippen LogP contribution in [-0.4, -0.2) is 6.54 Å². The van der Waals surface area contributed by atoms with Crippen LogP contribution in [0.25, 0.3) is 0 Å². The van der Waals surface area contributed by atoms with Crippen molar-refractivity contribution in [2.45, 2.75) is 12.8 Å². The summed E-state index contributed by atoms with van der Waals surface area (Å²) in [7, 11) is 0. The lowest BCUT2D eigenvalue weighted by Crippen LogP contribution is -2.11. The fraction of sp³-hybridized carbons (Fsp3) is 0.333. The second-order valence-corrected chi connectivity index (χ2v) is 4.23. The second-order valence-electron chi connectivity index (χ2n) is 2.94. The zero-order valence-electron chi connectivity index (χ0n) is 6.53. The quantitative estimate of drug-likeness (QED) is 0.739. The van der Waals surface area contributed by atoms with Crippen molar-refractivity contribution in [2.75, 3.05) is 11.9 Å². The van der Waals surface area contributed by atoms with E-state index in [1.54, 1.807) is 0 Å². The largest absolute Gasteiger partial charge is 0.385 e. The predicted octanol–water partition coefficient (Wildman–Crippen LogP) is 3.46. The molecule has 1 aliphatic heterocycles. The average Bonchev–Trinajstić information content (AvgIpc) is 2.04. The van der Waals surface area contributed by atoms with Gasteiger partial charge in [0.2, 0.25) is 0 Å². The highest BCUT2D eigenvalue weighted by atomic mass is 79.9. The molecule has 0 aromatic heterocycles. The summed E-state index contributed by atoms with van der Waals surface area (Å²) >= 11 is 9.42. The molecule has 0 bridgehead atoms. The summed E-state index contributed by atoms with van der Waals surface area (Å²) in [4.78, 5) is 0. The average molecular weight is 247 g/mol. The summed E-state index contributed by atoms with van der Waals surface area (Å²) in [5, 5.41) is 4.12. The molecule has 0 aliphatic carbocycles. The minimum absolute atomic E-state index is 0.787. The van der Waals surface area contributed by atoms with Crippen LogP contribution in [-0.2, 0) is 6.42 Å². The van der Waals surface area contributed by atoms with Crippen molar-refractivity contribution in [2.24, 2.45) is 0 Å². The first-order valence-electron chi connectivity index (χ1n) is 3.99. The minimum atomic E-state index is 0.787. The molecule has 0 amide bonds. The van der Waals surface area contributed by atoms with Gasteiger partial charge in [-0.05, 0) is 30.5 Å². The van der Waals surface area contributed by atoms with E-state index in [4.69, 9.17) is 11.6 Å². The molecule has 1 aromatic rings. The molecule has 0 radical (unpaired) electrons. The van der Waals surface area contributed by atoms with Crippen LogP contribution < -0.4 is 5.32 Å². The Balaban J connectivity index is 2.53. The summed E-state index contributed by atoms with van der Waals surface area (Å²) < 4.78 is 1.12. The maximum absolute atomic E-state index is 5.91. The molecule has 0 unspecified atom stereocenters. The molecule has 0 saturated carbocycles. The van der Waals surface area contributed by atoms with Gasteiger partial charge in [-0.1, -0.05) is 27.5 Å². The standard InChI is InChI=1S/C9H9BrClN/c10-8-4-6(11)5-9-7(8)2-1-3-12-9/h4-5,12H,1-3H2. The maximum Gasteiger partial charge on any atom is 0.0437 e. The summed E-state index contributed by atoms with van der Waals surface area (Å²) in [5.41, 5.74) is 2.53. The highest BCUT2D eigenvalue weighted by Crippen LogP contribution is 2.32. The van der Waals surface area contributed by atoms with Crippen molar-refractivity contribution in [3.05, 3.63) is 27.2 Å². The highest BCUT2D eigenvalue weighted by molar-refractivity contribution is 9.10. The third-order valence-electron chi connectivity index (χ3n) is 2.08. The Bertz CT molecular complexity index is 312.